The van der Waals surface area contributed by atoms with Crippen molar-refractivity contribution in [3.05, 3.63) is 53.2 Å². The number of aliphatic hydroxyl groups is 1. The summed E-state index contributed by atoms with van der Waals surface area (Å²) in [6, 6.07) is 10.1. The summed E-state index contributed by atoms with van der Waals surface area (Å²) in [5.41, 5.74) is 4.47. The molecule has 0 radical (unpaired) electrons. The van der Waals surface area contributed by atoms with E-state index in [1.54, 1.807) is 13.1 Å². The quantitative estimate of drug-likeness (QED) is 0.912. The van der Waals surface area contributed by atoms with Gasteiger partial charge in [0.15, 0.2) is 0 Å². The van der Waals surface area contributed by atoms with Gasteiger partial charge in [-0.15, -0.1) is 0 Å². The average Bonchev–Trinajstić information content (AvgIpc) is 2.38. The van der Waals surface area contributed by atoms with E-state index in [4.69, 9.17) is 0 Å². The van der Waals surface area contributed by atoms with Crippen LogP contribution < -0.4 is 4.90 Å². The normalized spacial score (nSPS) is 12.3. The lowest BCUT2D eigenvalue weighted by atomic mass is 10.1. The van der Waals surface area contributed by atoms with Crippen molar-refractivity contribution in [1.29, 1.82) is 0 Å². The van der Waals surface area contributed by atoms with Crippen LogP contribution in [0.2, 0.25) is 0 Å². The fourth-order valence-electron chi connectivity index (χ4n) is 2.18. The standard InChI is InChI=1S/C16H20N2O/c1-11-5-6-15(12(2)9-11)18(4)16-10-14(13(3)19)7-8-17-16/h5-10,13,19H,1-4H3/t13-/m0/s1. The highest BCUT2D eigenvalue weighted by atomic mass is 16.3. The molecule has 2 rings (SSSR count). The molecule has 0 saturated carbocycles. The first-order chi connectivity index (χ1) is 8.99. The van der Waals surface area contributed by atoms with E-state index in [1.807, 2.05) is 24.1 Å². The Morgan fingerprint density at radius 2 is 1.89 bits per heavy atom. The van der Waals surface area contributed by atoms with Crippen molar-refractivity contribution in [3.8, 4) is 0 Å². The molecule has 0 aliphatic carbocycles. The Bertz CT molecular complexity index is 579. The topological polar surface area (TPSA) is 36.4 Å². The summed E-state index contributed by atoms with van der Waals surface area (Å²) >= 11 is 0. The Balaban J connectivity index is 2.38. The molecular formula is C16H20N2O. The highest BCUT2D eigenvalue weighted by molar-refractivity contribution is 5.63. The maximum atomic E-state index is 9.65. The first-order valence-electron chi connectivity index (χ1n) is 6.44. The fraction of sp³-hybridized carbons (Fsp3) is 0.312. The van der Waals surface area contributed by atoms with Crippen LogP contribution in [0.4, 0.5) is 11.5 Å². The van der Waals surface area contributed by atoms with Crippen LogP contribution in [0.25, 0.3) is 0 Å². The lowest BCUT2D eigenvalue weighted by Crippen LogP contribution is -2.13. The zero-order valence-corrected chi connectivity index (χ0v) is 11.9. The molecule has 3 nitrogen and oxygen atoms in total. The molecular weight excluding hydrogens is 236 g/mol. The third-order valence-corrected chi connectivity index (χ3v) is 3.31. The second-order valence-corrected chi connectivity index (χ2v) is 4.97. The van der Waals surface area contributed by atoms with Gasteiger partial charge in [-0.05, 0) is 50.1 Å². The predicted octanol–water partition coefficient (Wildman–Crippen LogP) is 3.52. The minimum atomic E-state index is -0.478. The van der Waals surface area contributed by atoms with Crippen LogP contribution in [0.3, 0.4) is 0 Å². The summed E-state index contributed by atoms with van der Waals surface area (Å²) in [6.07, 6.45) is 1.26. The summed E-state index contributed by atoms with van der Waals surface area (Å²) in [6.45, 7) is 5.94. The summed E-state index contributed by atoms with van der Waals surface area (Å²) < 4.78 is 0. The molecule has 0 aliphatic heterocycles. The lowest BCUT2D eigenvalue weighted by molar-refractivity contribution is 0.199. The van der Waals surface area contributed by atoms with E-state index in [2.05, 4.69) is 37.0 Å². The molecule has 0 unspecified atom stereocenters. The van der Waals surface area contributed by atoms with Gasteiger partial charge in [-0.2, -0.15) is 0 Å². The Hall–Kier alpha value is -1.87. The van der Waals surface area contributed by atoms with Gasteiger partial charge in [0.05, 0.1) is 6.10 Å². The number of hydrogen-bond donors (Lipinski definition) is 1. The van der Waals surface area contributed by atoms with Crippen molar-refractivity contribution in [3.63, 3.8) is 0 Å². The fourth-order valence-corrected chi connectivity index (χ4v) is 2.18. The molecule has 1 aromatic carbocycles. The van der Waals surface area contributed by atoms with Crippen molar-refractivity contribution in [2.45, 2.75) is 26.9 Å². The smallest absolute Gasteiger partial charge is 0.133 e. The number of aryl methyl sites for hydroxylation is 2. The Kier molecular flexibility index (Phi) is 3.86. The van der Waals surface area contributed by atoms with Gasteiger partial charge in [0.1, 0.15) is 5.82 Å². The lowest BCUT2D eigenvalue weighted by Gasteiger charge is -2.21. The maximum absolute atomic E-state index is 9.65. The molecule has 0 saturated heterocycles. The van der Waals surface area contributed by atoms with Gasteiger partial charge in [0.25, 0.3) is 0 Å². The molecule has 19 heavy (non-hydrogen) atoms. The zero-order chi connectivity index (χ0) is 14.0. The van der Waals surface area contributed by atoms with Crippen LogP contribution in [-0.2, 0) is 0 Å². The SMILES string of the molecule is Cc1ccc(N(C)c2cc([C@H](C)O)ccn2)c(C)c1. The minimum absolute atomic E-state index is 0.478. The van der Waals surface area contributed by atoms with Crippen LogP contribution in [0.5, 0.6) is 0 Å². The van der Waals surface area contributed by atoms with Gasteiger partial charge in [-0.3, -0.25) is 0 Å². The van der Waals surface area contributed by atoms with Crippen molar-refractivity contribution in [2.24, 2.45) is 0 Å². The largest absolute Gasteiger partial charge is 0.389 e. The summed E-state index contributed by atoms with van der Waals surface area (Å²) in [5.74, 6) is 0.838. The first kappa shape index (κ1) is 13.6. The molecule has 0 fully saturated rings. The highest BCUT2D eigenvalue weighted by Gasteiger charge is 2.10. The van der Waals surface area contributed by atoms with E-state index in [9.17, 15) is 5.11 Å². The van der Waals surface area contributed by atoms with Crippen LogP contribution in [0.15, 0.2) is 36.5 Å². The summed E-state index contributed by atoms with van der Waals surface area (Å²) in [4.78, 5) is 6.42. The van der Waals surface area contributed by atoms with E-state index in [-0.39, 0.29) is 0 Å². The van der Waals surface area contributed by atoms with Crippen LogP contribution >= 0.6 is 0 Å². The Morgan fingerprint density at radius 1 is 1.16 bits per heavy atom. The van der Waals surface area contributed by atoms with E-state index >= 15 is 0 Å². The summed E-state index contributed by atoms with van der Waals surface area (Å²) in [7, 11) is 1.99. The minimum Gasteiger partial charge on any atom is -0.389 e. The Labute approximate surface area is 114 Å². The van der Waals surface area contributed by atoms with E-state index in [0.717, 1.165) is 17.1 Å². The molecule has 3 heteroatoms. The predicted molar refractivity (Wildman–Crippen MR) is 78.8 cm³/mol. The number of aliphatic hydroxyl groups excluding tert-OH is 1. The number of benzene rings is 1. The number of nitrogens with zero attached hydrogens (tertiary/aromatic N) is 2. The molecule has 0 aliphatic rings. The van der Waals surface area contributed by atoms with Gasteiger partial charge in [0, 0.05) is 18.9 Å². The number of rotatable bonds is 3. The van der Waals surface area contributed by atoms with E-state index in [0.29, 0.717) is 0 Å². The monoisotopic (exact) mass is 256 g/mol. The number of hydrogen-bond acceptors (Lipinski definition) is 3. The number of aromatic nitrogens is 1. The highest BCUT2D eigenvalue weighted by Crippen LogP contribution is 2.27. The van der Waals surface area contributed by atoms with Crippen molar-refractivity contribution < 1.29 is 5.11 Å². The molecule has 1 N–H and O–H groups in total. The van der Waals surface area contributed by atoms with Crippen LogP contribution in [0, 0.1) is 13.8 Å². The average molecular weight is 256 g/mol. The molecule has 1 atom stereocenters. The van der Waals surface area contributed by atoms with E-state index in [1.165, 1.54) is 11.1 Å². The zero-order valence-electron chi connectivity index (χ0n) is 11.9. The first-order valence-corrected chi connectivity index (χ1v) is 6.44. The van der Waals surface area contributed by atoms with Crippen LogP contribution in [-0.4, -0.2) is 17.1 Å². The molecule has 0 bridgehead atoms. The van der Waals surface area contributed by atoms with Crippen molar-refractivity contribution in [1.82, 2.24) is 4.98 Å². The third kappa shape index (κ3) is 2.93. The third-order valence-electron chi connectivity index (χ3n) is 3.31. The second-order valence-electron chi connectivity index (χ2n) is 4.97. The van der Waals surface area contributed by atoms with Crippen molar-refractivity contribution in [2.75, 3.05) is 11.9 Å². The summed E-state index contributed by atoms with van der Waals surface area (Å²) in [5, 5.41) is 9.65. The van der Waals surface area contributed by atoms with Gasteiger partial charge < -0.3 is 10.0 Å². The molecule has 0 spiro atoms. The second kappa shape index (κ2) is 5.41. The maximum Gasteiger partial charge on any atom is 0.133 e. The molecule has 100 valence electrons. The van der Waals surface area contributed by atoms with Crippen molar-refractivity contribution >= 4 is 11.5 Å². The van der Waals surface area contributed by atoms with Gasteiger partial charge in [0.2, 0.25) is 0 Å². The Morgan fingerprint density at radius 3 is 2.53 bits per heavy atom. The number of anilines is 2. The van der Waals surface area contributed by atoms with Gasteiger partial charge >= 0.3 is 0 Å². The molecule has 1 heterocycles. The number of pyridine rings is 1. The molecule has 0 amide bonds. The van der Waals surface area contributed by atoms with Gasteiger partial charge in [-0.25, -0.2) is 4.98 Å². The van der Waals surface area contributed by atoms with E-state index < -0.39 is 6.10 Å². The van der Waals surface area contributed by atoms with Gasteiger partial charge in [-0.1, -0.05) is 17.7 Å². The van der Waals surface area contributed by atoms with Crippen LogP contribution in [0.1, 0.15) is 29.7 Å². The molecule has 1 aromatic heterocycles. The molecule has 2 aromatic rings.